The van der Waals surface area contributed by atoms with E-state index in [1.165, 1.54) is 6.07 Å². The average Bonchev–Trinajstić information content (AvgIpc) is 2.53. The number of carbonyl (C=O) groups is 3. The van der Waals surface area contributed by atoms with Gasteiger partial charge in [0.1, 0.15) is 18.3 Å². The minimum atomic E-state index is -1.17. The molecule has 138 valence electrons. The molecular weight excluding hydrogens is 441 g/mol. The number of hydrogen-bond acceptors (Lipinski definition) is 5. The maximum absolute atomic E-state index is 12.3. The predicted octanol–water partition coefficient (Wildman–Crippen LogP) is 0.208. The lowest BCUT2D eigenvalue weighted by Crippen LogP contribution is -2.54. The van der Waals surface area contributed by atoms with Gasteiger partial charge in [0.15, 0.2) is 0 Å². The van der Waals surface area contributed by atoms with Crippen molar-refractivity contribution in [2.75, 3.05) is 6.54 Å². The van der Waals surface area contributed by atoms with E-state index >= 15 is 0 Å². The molecule has 2 atom stereocenters. The zero-order valence-electron chi connectivity index (χ0n) is 14.0. The molecule has 0 unspecified atom stereocenters. The molecule has 0 heterocycles. The number of aliphatic carboxylic acids is 1. The Kier molecular flexibility index (Phi) is 8.10. The van der Waals surface area contributed by atoms with Gasteiger partial charge in [-0.05, 0) is 52.6 Å². The summed E-state index contributed by atoms with van der Waals surface area (Å²) in [5, 5.41) is 22.9. The Bertz CT molecular complexity index is 651. The lowest BCUT2D eigenvalue weighted by Gasteiger charge is -2.23. The Labute approximate surface area is 159 Å². The van der Waals surface area contributed by atoms with Crippen LogP contribution in [0.15, 0.2) is 18.2 Å². The standard InChI is InChI=1S/C16H22IN3O5/c1-8(2)14(16(25)19-7-13(22)23)20-15(24)11(18)6-9-3-4-12(21)10(17)5-9/h3-5,8,11,14,21H,6-7,18H2,1-2H3,(H,19,25)(H,20,24)(H,22,23)/t11-,14+/m1/s1. The van der Waals surface area contributed by atoms with Crippen molar-refractivity contribution in [3.05, 3.63) is 27.3 Å². The van der Waals surface area contributed by atoms with Crippen LogP contribution in [0.1, 0.15) is 19.4 Å². The van der Waals surface area contributed by atoms with Crippen molar-refractivity contribution in [1.29, 1.82) is 0 Å². The van der Waals surface area contributed by atoms with E-state index in [0.29, 0.717) is 3.57 Å². The van der Waals surface area contributed by atoms with Crippen molar-refractivity contribution in [2.24, 2.45) is 11.7 Å². The van der Waals surface area contributed by atoms with E-state index in [1.54, 1.807) is 26.0 Å². The molecule has 6 N–H and O–H groups in total. The summed E-state index contributed by atoms with van der Waals surface area (Å²) in [5.41, 5.74) is 6.68. The Balaban J connectivity index is 2.70. The highest BCUT2D eigenvalue weighted by molar-refractivity contribution is 14.1. The molecule has 25 heavy (non-hydrogen) atoms. The number of carbonyl (C=O) groups excluding carboxylic acids is 2. The Morgan fingerprint density at radius 1 is 1.24 bits per heavy atom. The number of phenolic OH excluding ortho intramolecular Hbond substituents is 1. The maximum Gasteiger partial charge on any atom is 0.322 e. The van der Waals surface area contributed by atoms with Crippen molar-refractivity contribution >= 4 is 40.4 Å². The van der Waals surface area contributed by atoms with Crippen LogP contribution in [-0.2, 0) is 20.8 Å². The number of benzene rings is 1. The molecule has 0 saturated carbocycles. The first kappa shape index (κ1) is 21.2. The SMILES string of the molecule is CC(C)[C@H](NC(=O)[C@H](N)Cc1ccc(O)c(I)c1)C(=O)NCC(=O)O. The molecule has 0 bridgehead atoms. The lowest BCUT2D eigenvalue weighted by molar-refractivity contribution is -0.138. The quantitative estimate of drug-likeness (QED) is 0.349. The fourth-order valence-corrected chi connectivity index (χ4v) is 2.67. The van der Waals surface area contributed by atoms with Gasteiger partial charge >= 0.3 is 5.97 Å². The van der Waals surface area contributed by atoms with Gasteiger partial charge in [0.05, 0.1) is 9.61 Å². The average molecular weight is 463 g/mol. The molecule has 0 aliphatic carbocycles. The predicted molar refractivity (Wildman–Crippen MR) is 99.9 cm³/mol. The molecule has 8 nitrogen and oxygen atoms in total. The van der Waals surface area contributed by atoms with E-state index in [0.717, 1.165) is 5.56 Å². The number of hydrogen-bond donors (Lipinski definition) is 5. The van der Waals surface area contributed by atoms with Gasteiger partial charge in [-0.3, -0.25) is 14.4 Å². The molecule has 9 heteroatoms. The van der Waals surface area contributed by atoms with Crippen LogP contribution in [0.3, 0.4) is 0 Å². The monoisotopic (exact) mass is 463 g/mol. The highest BCUT2D eigenvalue weighted by Gasteiger charge is 2.26. The third-order valence-electron chi connectivity index (χ3n) is 3.47. The fraction of sp³-hybridized carbons (Fsp3) is 0.438. The second-order valence-electron chi connectivity index (χ2n) is 5.94. The third-order valence-corrected chi connectivity index (χ3v) is 4.33. The Hall–Kier alpha value is -1.88. The number of rotatable bonds is 8. The summed E-state index contributed by atoms with van der Waals surface area (Å²) in [5.74, 6) is -2.33. The minimum Gasteiger partial charge on any atom is -0.507 e. The molecule has 0 saturated heterocycles. The smallest absolute Gasteiger partial charge is 0.322 e. The van der Waals surface area contributed by atoms with E-state index in [2.05, 4.69) is 10.6 Å². The maximum atomic E-state index is 12.3. The molecule has 0 radical (unpaired) electrons. The second-order valence-corrected chi connectivity index (χ2v) is 7.10. The van der Waals surface area contributed by atoms with E-state index in [4.69, 9.17) is 10.8 Å². The molecule has 0 aliphatic heterocycles. The second kappa shape index (κ2) is 9.56. The van der Waals surface area contributed by atoms with Gasteiger partial charge in [0.25, 0.3) is 0 Å². The number of nitrogens with two attached hydrogens (primary N) is 1. The lowest BCUT2D eigenvalue weighted by atomic mass is 10.0. The molecular formula is C16H22IN3O5. The van der Waals surface area contributed by atoms with Crippen LogP contribution < -0.4 is 16.4 Å². The van der Waals surface area contributed by atoms with Crippen LogP contribution in [0.2, 0.25) is 0 Å². The van der Waals surface area contributed by atoms with Gasteiger partial charge in [-0.25, -0.2) is 0 Å². The molecule has 0 aliphatic rings. The van der Waals surface area contributed by atoms with E-state index in [1.807, 2.05) is 22.6 Å². The van der Waals surface area contributed by atoms with Crippen LogP contribution >= 0.6 is 22.6 Å². The largest absolute Gasteiger partial charge is 0.507 e. The number of amides is 2. The molecule has 1 aromatic rings. The molecule has 0 aromatic heterocycles. The normalized spacial score (nSPS) is 13.2. The fourth-order valence-electron chi connectivity index (χ4n) is 2.09. The summed E-state index contributed by atoms with van der Waals surface area (Å²) in [6.07, 6.45) is 0.240. The van der Waals surface area contributed by atoms with Crippen LogP contribution in [0, 0.1) is 9.49 Å². The number of phenols is 1. The van der Waals surface area contributed by atoms with Gasteiger partial charge < -0.3 is 26.6 Å². The zero-order valence-corrected chi connectivity index (χ0v) is 16.1. The van der Waals surface area contributed by atoms with Crippen molar-refractivity contribution in [3.8, 4) is 5.75 Å². The summed E-state index contributed by atoms with van der Waals surface area (Å²) in [6.45, 7) is 2.95. The Morgan fingerprint density at radius 3 is 2.40 bits per heavy atom. The number of carboxylic acids is 1. The van der Waals surface area contributed by atoms with Crippen LogP contribution in [-0.4, -0.2) is 46.6 Å². The number of carboxylic acid groups (broad SMARTS) is 1. The number of halogens is 1. The zero-order chi connectivity index (χ0) is 19.1. The van der Waals surface area contributed by atoms with Gasteiger partial charge in [-0.1, -0.05) is 19.9 Å². The van der Waals surface area contributed by atoms with Gasteiger partial charge in [-0.15, -0.1) is 0 Å². The first-order valence-corrected chi connectivity index (χ1v) is 8.72. The van der Waals surface area contributed by atoms with E-state index < -0.39 is 36.4 Å². The van der Waals surface area contributed by atoms with Gasteiger partial charge in [0, 0.05) is 0 Å². The highest BCUT2D eigenvalue weighted by atomic mass is 127. The van der Waals surface area contributed by atoms with Crippen LogP contribution in [0.4, 0.5) is 0 Å². The molecule has 2 amide bonds. The van der Waals surface area contributed by atoms with E-state index in [9.17, 15) is 19.5 Å². The number of aromatic hydroxyl groups is 1. The minimum absolute atomic E-state index is 0.150. The van der Waals surface area contributed by atoms with Crippen molar-refractivity contribution in [3.63, 3.8) is 0 Å². The number of nitrogens with one attached hydrogen (secondary N) is 2. The van der Waals surface area contributed by atoms with Crippen molar-refractivity contribution < 1.29 is 24.6 Å². The van der Waals surface area contributed by atoms with Gasteiger partial charge in [0.2, 0.25) is 11.8 Å². The summed E-state index contributed by atoms with van der Waals surface area (Å²) in [7, 11) is 0. The topological polar surface area (TPSA) is 142 Å². The van der Waals surface area contributed by atoms with Gasteiger partial charge in [-0.2, -0.15) is 0 Å². The Morgan fingerprint density at radius 2 is 1.88 bits per heavy atom. The third kappa shape index (κ3) is 6.86. The van der Waals surface area contributed by atoms with Crippen molar-refractivity contribution in [2.45, 2.75) is 32.4 Å². The van der Waals surface area contributed by atoms with E-state index in [-0.39, 0.29) is 18.1 Å². The summed E-state index contributed by atoms with van der Waals surface area (Å²) < 4.78 is 0.649. The summed E-state index contributed by atoms with van der Waals surface area (Å²) >= 11 is 1.97. The highest BCUT2D eigenvalue weighted by Crippen LogP contribution is 2.20. The van der Waals surface area contributed by atoms with Crippen LogP contribution in [0.5, 0.6) is 5.75 Å². The molecule has 1 aromatic carbocycles. The van der Waals surface area contributed by atoms with Crippen LogP contribution in [0.25, 0.3) is 0 Å². The molecule has 0 fully saturated rings. The summed E-state index contributed by atoms with van der Waals surface area (Å²) in [6, 6.07) is 3.16. The molecule has 1 rings (SSSR count). The first-order valence-electron chi connectivity index (χ1n) is 7.64. The summed E-state index contributed by atoms with van der Waals surface area (Å²) in [4.78, 5) is 34.8. The van der Waals surface area contributed by atoms with Crippen molar-refractivity contribution in [1.82, 2.24) is 10.6 Å². The first-order chi connectivity index (χ1) is 11.6. The molecule has 0 spiro atoms.